The molecule has 1 aromatic rings. The predicted octanol–water partition coefficient (Wildman–Crippen LogP) is -1.00. The number of hydrogen-bond donors (Lipinski definition) is 7. The molecule has 0 saturated carbocycles. The van der Waals surface area contributed by atoms with Gasteiger partial charge in [-0.05, 0) is 18.6 Å². The predicted molar refractivity (Wildman–Crippen MR) is 123 cm³/mol. The third-order valence-corrected chi connectivity index (χ3v) is 6.28. The molecule has 2 heterocycles. The summed E-state index contributed by atoms with van der Waals surface area (Å²) in [5.74, 6) is -5.48. The molecule has 0 amide bonds. The summed E-state index contributed by atoms with van der Waals surface area (Å²) in [4.78, 5) is 24.8. The van der Waals surface area contributed by atoms with Gasteiger partial charge in [-0.2, -0.15) is 0 Å². The van der Waals surface area contributed by atoms with Gasteiger partial charge in [0, 0.05) is 11.8 Å². The molecule has 1 aromatic carbocycles. The van der Waals surface area contributed by atoms with Crippen molar-refractivity contribution in [2.45, 2.75) is 43.4 Å². The lowest BCUT2D eigenvalue weighted by atomic mass is 9.82. The number of esters is 2. The van der Waals surface area contributed by atoms with Gasteiger partial charge in [-0.1, -0.05) is 6.08 Å². The van der Waals surface area contributed by atoms with Crippen LogP contribution in [0.1, 0.15) is 16.8 Å². The van der Waals surface area contributed by atoms with Crippen LogP contribution in [0, 0.1) is 11.8 Å². The highest BCUT2D eigenvalue weighted by Gasteiger charge is 2.47. The zero-order chi connectivity index (χ0) is 28.1. The summed E-state index contributed by atoms with van der Waals surface area (Å²) in [5.41, 5.74) is -0.181. The van der Waals surface area contributed by atoms with Crippen molar-refractivity contribution >= 4 is 11.9 Å². The Morgan fingerprint density at radius 2 is 1.68 bits per heavy atom. The molecule has 6 unspecified atom stereocenters. The highest BCUT2D eigenvalue weighted by Crippen LogP contribution is 2.38. The number of rotatable bonds is 9. The molecule has 0 bridgehead atoms. The fraction of sp³-hybridized carbons (Fsp3) is 0.500. The number of benzene rings is 1. The molecule has 0 aliphatic carbocycles. The zero-order valence-corrected chi connectivity index (χ0v) is 20.2. The van der Waals surface area contributed by atoms with Gasteiger partial charge in [0.05, 0.1) is 37.7 Å². The fourth-order valence-corrected chi connectivity index (χ4v) is 4.17. The highest BCUT2D eigenvalue weighted by molar-refractivity contribution is 5.91. The van der Waals surface area contributed by atoms with Gasteiger partial charge in [0.1, 0.15) is 24.4 Å². The molecule has 2 aliphatic heterocycles. The van der Waals surface area contributed by atoms with Crippen LogP contribution >= 0.6 is 0 Å². The molecule has 14 nitrogen and oxygen atoms in total. The number of aromatic hydroxyl groups is 3. The first kappa shape index (κ1) is 29.2. The number of aliphatic hydroxyl groups is 4. The maximum atomic E-state index is 12.4. The van der Waals surface area contributed by atoms with Crippen LogP contribution in [0.5, 0.6) is 17.2 Å². The van der Waals surface area contributed by atoms with Gasteiger partial charge < -0.3 is 59.4 Å². The molecule has 8 atom stereocenters. The standard InChI is InChI=1S/C24H30O14/c1-3-11-12(4-5-35-21(32)10-6-14(26)17(28)15(27)7-10)13(22(33)34-2)9-36-23(11)38-24-20(31)19(30)18(29)16(8-25)37-24/h3,6-7,9,11-12,16,18-20,23-31H,1,4-5,8H2,2H3/t11-,12+,16?,18?,19?,20?,23?,24?/m1/s1. The largest absolute Gasteiger partial charge is 0.504 e. The average Bonchev–Trinajstić information content (AvgIpc) is 2.91. The number of aliphatic hydroxyl groups excluding tert-OH is 4. The molecular formula is C24H30O14. The third-order valence-electron chi connectivity index (χ3n) is 6.28. The van der Waals surface area contributed by atoms with E-state index in [1.165, 1.54) is 6.08 Å². The van der Waals surface area contributed by atoms with E-state index in [2.05, 4.69) is 6.58 Å². The molecule has 14 heteroatoms. The van der Waals surface area contributed by atoms with Crippen molar-refractivity contribution in [3.8, 4) is 17.2 Å². The molecule has 1 fully saturated rings. The first-order valence-corrected chi connectivity index (χ1v) is 11.5. The van der Waals surface area contributed by atoms with Crippen molar-refractivity contribution in [3.63, 3.8) is 0 Å². The van der Waals surface area contributed by atoms with Crippen LogP contribution in [-0.2, 0) is 28.5 Å². The van der Waals surface area contributed by atoms with E-state index in [9.17, 15) is 45.3 Å². The smallest absolute Gasteiger partial charge is 0.338 e. The van der Waals surface area contributed by atoms with Crippen LogP contribution in [0.25, 0.3) is 0 Å². The summed E-state index contributed by atoms with van der Waals surface area (Å²) in [6.45, 7) is 2.80. The molecule has 0 radical (unpaired) electrons. The van der Waals surface area contributed by atoms with Crippen molar-refractivity contribution in [1.82, 2.24) is 0 Å². The normalized spacial score (nSPS) is 31.0. The van der Waals surface area contributed by atoms with Crippen LogP contribution in [-0.4, -0.2) is 105 Å². The molecule has 2 aliphatic rings. The lowest BCUT2D eigenvalue weighted by Crippen LogP contribution is -2.60. The summed E-state index contributed by atoms with van der Waals surface area (Å²) >= 11 is 0. The minimum atomic E-state index is -1.70. The maximum Gasteiger partial charge on any atom is 0.338 e. The Kier molecular flexibility index (Phi) is 9.54. The molecule has 0 spiro atoms. The summed E-state index contributed by atoms with van der Waals surface area (Å²) in [6.07, 6.45) is -6.49. The van der Waals surface area contributed by atoms with Gasteiger partial charge in [0.15, 0.2) is 23.5 Å². The van der Waals surface area contributed by atoms with E-state index < -0.39 is 84.6 Å². The SMILES string of the molecule is C=C[C@H]1C(OC2OC(CO)C(O)C(O)C2O)OC=C(C(=O)OC)[C@H]1CCOC(=O)c1cc(O)c(O)c(O)c1. The Balaban J connectivity index is 1.75. The van der Waals surface area contributed by atoms with Crippen LogP contribution in [0.4, 0.5) is 0 Å². The lowest BCUT2D eigenvalue weighted by molar-refractivity contribution is -0.339. The number of phenols is 3. The Labute approximate surface area is 216 Å². The molecule has 0 aromatic heterocycles. The molecule has 1 saturated heterocycles. The number of carbonyl (C=O) groups is 2. The fourth-order valence-electron chi connectivity index (χ4n) is 4.17. The van der Waals surface area contributed by atoms with Gasteiger partial charge in [0.2, 0.25) is 6.29 Å². The monoisotopic (exact) mass is 542 g/mol. The highest BCUT2D eigenvalue weighted by atomic mass is 16.8. The first-order valence-electron chi connectivity index (χ1n) is 11.5. The zero-order valence-electron chi connectivity index (χ0n) is 20.2. The second-order valence-electron chi connectivity index (χ2n) is 8.61. The summed E-state index contributed by atoms with van der Waals surface area (Å²) in [5, 5.41) is 68.4. The molecule has 210 valence electrons. The summed E-state index contributed by atoms with van der Waals surface area (Å²) in [6, 6.07) is 1.81. The van der Waals surface area contributed by atoms with E-state index in [1.54, 1.807) is 0 Å². The van der Waals surface area contributed by atoms with Crippen LogP contribution in [0.2, 0.25) is 0 Å². The van der Waals surface area contributed by atoms with E-state index in [0.29, 0.717) is 0 Å². The van der Waals surface area contributed by atoms with Gasteiger partial charge in [0.25, 0.3) is 0 Å². The van der Waals surface area contributed by atoms with Gasteiger partial charge in [-0.15, -0.1) is 6.58 Å². The quantitative estimate of drug-likeness (QED) is 0.113. The van der Waals surface area contributed by atoms with Crippen molar-refractivity contribution in [2.24, 2.45) is 11.8 Å². The van der Waals surface area contributed by atoms with E-state index in [0.717, 1.165) is 25.5 Å². The summed E-state index contributed by atoms with van der Waals surface area (Å²) in [7, 11) is 1.16. The van der Waals surface area contributed by atoms with Gasteiger partial charge >= 0.3 is 11.9 Å². The minimum absolute atomic E-state index is 0.0112. The van der Waals surface area contributed by atoms with Crippen molar-refractivity contribution in [3.05, 3.63) is 42.2 Å². The van der Waals surface area contributed by atoms with Crippen molar-refractivity contribution in [2.75, 3.05) is 20.3 Å². The third kappa shape index (κ3) is 6.01. The van der Waals surface area contributed by atoms with Crippen LogP contribution < -0.4 is 0 Å². The number of phenolic OH excluding ortho intramolecular Hbond substituents is 3. The molecule has 3 rings (SSSR count). The van der Waals surface area contributed by atoms with Crippen LogP contribution in [0.15, 0.2) is 36.6 Å². The second-order valence-corrected chi connectivity index (χ2v) is 8.61. The average molecular weight is 542 g/mol. The van der Waals surface area contributed by atoms with Crippen molar-refractivity contribution < 1.29 is 69.0 Å². The Morgan fingerprint density at radius 3 is 2.26 bits per heavy atom. The number of hydrogen-bond acceptors (Lipinski definition) is 14. The molecule has 7 N–H and O–H groups in total. The number of carbonyl (C=O) groups excluding carboxylic acids is 2. The molecular weight excluding hydrogens is 512 g/mol. The Hall–Kier alpha value is -3.40. The minimum Gasteiger partial charge on any atom is -0.504 e. The molecule has 38 heavy (non-hydrogen) atoms. The maximum absolute atomic E-state index is 12.4. The topological polar surface area (TPSA) is 222 Å². The summed E-state index contributed by atoms with van der Waals surface area (Å²) < 4.78 is 26.6. The van der Waals surface area contributed by atoms with E-state index in [1.807, 2.05) is 0 Å². The van der Waals surface area contributed by atoms with Crippen LogP contribution in [0.3, 0.4) is 0 Å². The first-order chi connectivity index (χ1) is 18.0. The Bertz CT molecular complexity index is 1030. The lowest BCUT2D eigenvalue weighted by Gasteiger charge is -2.43. The number of methoxy groups -OCH3 is 1. The van der Waals surface area contributed by atoms with E-state index >= 15 is 0 Å². The van der Waals surface area contributed by atoms with E-state index in [4.69, 9.17) is 23.7 Å². The Morgan fingerprint density at radius 1 is 1.03 bits per heavy atom. The van der Waals surface area contributed by atoms with Gasteiger partial charge in [-0.25, -0.2) is 9.59 Å². The van der Waals surface area contributed by atoms with Crippen molar-refractivity contribution in [1.29, 1.82) is 0 Å². The number of ether oxygens (including phenoxy) is 5. The van der Waals surface area contributed by atoms with Gasteiger partial charge in [-0.3, -0.25) is 0 Å². The second kappa shape index (κ2) is 12.4. The van der Waals surface area contributed by atoms with E-state index in [-0.39, 0.29) is 24.2 Å².